The fraction of sp³-hybridized carbons (Fsp3) is 0.364. The molecule has 3 rings (SSSR count). The van der Waals surface area contributed by atoms with Crippen molar-refractivity contribution in [3.63, 3.8) is 0 Å². The number of nitrogens with zero attached hydrogens (tertiary/aromatic N) is 1. The number of halogens is 2. The lowest BCUT2D eigenvalue weighted by atomic mass is 9.93. The molecule has 5 nitrogen and oxygen atoms in total. The second kappa shape index (κ2) is 10.0. The zero-order chi connectivity index (χ0) is 20.6. The molecule has 1 aliphatic heterocycles. The van der Waals surface area contributed by atoms with E-state index in [4.69, 9.17) is 0 Å². The second-order valence-electron chi connectivity index (χ2n) is 7.30. The van der Waals surface area contributed by atoms with E-state index >= 15 is 0 Å². The molecule has 0 unspecified atom stereocenters. The van der Waals surface area contributed by atoms with Crippen LogP contribution < -0.4 is 10.6 Å². The van der Waals surface area contributed by atoms with Crippen molar-refractivity contribution in [3.05, 3.63) is 65.7 Å². The minimum Gasteiger partial charge on any atom is -0.352 e. The lowest BCUT2D eigenvalue weighted by Crippen LogP contribution is -2.42. The van der Waals surface area contributed by atoms with Gasteiger partial charge in [-0.25, -0.2) is 13.6 Å². The van der Waals surface area contributed by atoms with Crippen molar-refractivity contribution < 1.29 is 18.4 Å². The van der Waals surface area contributed by atoms with Crippen LogP contribution in [0.25, 0.3) is 0 Å². The summed E-state index contributed by atoms with van der Waals surface area (Å²) in [5.74, 6) is -1.24. The number of carbonyl (C=O) groups is 2. The Balaban J connectivity index is 1.41. The maximum absolute atomic E-state index is 13.6. The third-order valence-corrected chi connectivity index (χ3v) is 5.10. The topological polar surface area (TPSA) is 61.4 Å². The van der Waals surface area contributed by atoms with E-state index in [0.717, 1.165) is 24.6 Å². The van der Waals surface area contributed by atoms with Gasteiger partial charge in [0.25, 0.3) is 0 Å². The molecule has 29 heavy (non-hydrogen) atoms. The molecule has 3 amide bonds. The molecule has 1 heterocycles. The number of piperidine rings is 1. The number of anilines is 1. The zero-order valence-electron chi connectivity index (χ0n) is 16.2. The van der Waals surface area contributed by atoms with Crippen molar-refractivity contribution in [2.45, 2.75) is 32.2 Å². The highest BCUT2D eigenvalue weighted by Crippen LogP contribution is 2.22. The molecule has 0 radical (unpaired) electrons. The van der Waals surface area contributed by atoms with Crippen LogP contribution in [0.2, 0.25) is 0 Å². The van der Waals surface area contributed by atoms with Gasteiger partial charge in [0.05, 0.1) is 0 Å². The predicted octanol–water partition coefficient (Wildman–Crippen LogP) is 4.31. The zero-order valence-corrected chi connectivity index (χ0v) is 16.2. The van der Waals surface area contributed by atoms with Crippen molar-refractivity contribution >= 4 is 17.6 Å². The average Bonchev–Trinajstić information content (AvgIpc) is 2.72. The third kappa shape index (κ3) is 6.27. The van der Waals surface area contributed by atoms with Gasteiger partial charge < -0.3 is 15.5 Å². The van der Waals surface area contributed by atoms with E-state index in [1.165, 1.54) is 12.1 Å². The van der Waals surface area contributed by atoms with Gasteiger partial charge in [0.1, 0.15) is 11.6 Å². The monoisotopic (exact) mass is 401 g/mol. The quantitative estimate of drug-likeness (QED) is 0.758. The smallest absolute Gasteiger partial charge is 0.321 e. The number of hydrogen-bond acceptors (Lipinski definition) is 2. The fourth-order valence-electron chi connectivity index (χ4n) is 3.49. The average molecular weight is 401 g/mol. The minimum atomic E-state index is -0.669. The highest BCUT2D eigenvalue weighted by Gasteiger charge is 2.24. The number of amides is 3. The van der Waals surface area contributed by atoms with Crippen LogP contribution in [0.1, 0.15) is 31.2 Å². The number of benzene rings is 2. The van der Waals surface area contributed by atoms with Crippen LogP contribution in [0, 0.1) is 17.6 Å². The van der Waals surface area contributed by atoms with Gasteiger partial charge in [0.2, 0.25) is 5.91 Å². The molecule has 1 fully saturated rings. The highest BCUT2D eigenvalue weighted by molar-refractivity contribution is 5.89. The molecule has 154 valence electrons. The summed E-state index contributed by atoms with van der Waals surface area (Å²) in [5, 5.41) is 5.56. The van der Waals surface area contributed by atoms with Crippen molar-refractivity contribution in [2.75, 3.05) is 18.4 Å². The van der Waals surface area contributed by atoms with Gasteiger partial charge in [-0.3, -0.25) is 4.79 Å². The van der Waals surface area contributed by atoms with Crippen LogP contribution in [0.5, 0.6) is 0 Å². The van der Waals surface area contributed by atoms with Crippen molar-refractivity contribution in [1.29, 1.82) is 0 Å². The van der Waals surface area contributed by atoms with E-state index in [0.29, 0.717) is 25.9 Å². The summed E-state index contributed by atoms with van der Waals surface area (Å²) in [5.41, 5.74) is 1.01. The Kier molecular flexibility index (Phi) is 7.16. The summed E-state index contributed by atoms with van der Waals surface area (Å²) < 4.78 is 26.5. The Morgan fingerprint density at radius 2 is 1.90 bits per heavy atom. The van der Waals surface area contributed by atoms with Gasteiger partial charge in [0, 0.05) is 43.4 Å². The maximum atomic E-state index is 13.6. The minimum absolute atomic E-state index is 0.0290. The van der Waals surface area contributed by atoms with Crippen LogP contribution in [-0.4, -0.2) is 29.9 Å². The lowest BCUT2D eigenvalue weighted by molar-refractivity contribution is -0.121. The molecule has 1 aliphatic rings. The molecule has 0 saturated carbocycles. The van der Waals surface area contributed by atoms with E-state index < -0.39 is 11.6 Å². The molecule has 1 saturated heterocycles. The van der Waals surface area contributed by atoms with Crippen LogP contribution in [-0.2, 0) is 11.3 Å². The number of carbonyl (C=O) groups excluding carboxylic acids is 2. The summed E-state index contributed by atoms with van der Waals surface area (Å²) in [6, 6.07) is 12.5. The second-order valence-corrected chi connectivity index (χ2v) is 7.30. The number of likely N-dealkylation sites (tertiary alicyclic amines) is 1. The molecule has 0 aliphatic carbocycles. The van der Waals surface area contributed by atoms with Crippen LogP contribution in [0.4, 0.5) is 19.3 Å². The Bertz CT molecular complexity index is 845. The number of para-hydroxylation sites is 1. The first-order valence-corrected chi connectivity index (χ1v) is 9.83. The molecule has 2 N–H and O–H groups in total. The molecular weight excluding hydrogens is 376 g/mol. The van der Waals surface area contributed by atoms with E-state index in [9.17, 15) is 18.4 Å². The van der Waals surface area contributed by atoms with E-state index in [1.54, 1.807) is 4.90 Å². The van der Waals surface area contributed by atoms with Gasteiger partial charge in [-0.05, 0) is 43.4 Å². The molecule has 1 atom stereocenters. The van der Waals surface area contributed by atoms with Gasteiger partial charge in [-0.1, -0.05) is 24.3 Å². The standard InChI is InChI=1S/C22H25F2N3O2/c23-18-10-9-17(20(24)13-18)14-25-21(28)11-8-16-5-4-12-27(15-16)22(29)26-19-6-2-1-3-7-19/h1-3,6-7,9-10,13,16H,4-5,8,11-12,14-15H2,(H,25,28)(H,26,29)/t16-/m0/s1. The highest BCUT2D eigenvalue weighted by atomic mass is 19.1. The largest absolute Gasteiger partial charge is 0.352 e. The van der Waals surface area contributed by atoms with Crippen molar-refractivity contribution in [3.8, 4) is 0 Å². The van der Waals surface area contributed by atoms with Gasteiger partial charge >= 0.3 is 6.03 Å². The first kappa shape index (κ1) is 20.8. The SMILES string of the molecule is O=C(CC[C@@H]1CCCN(C(=O)Nc2ccccc2)C1)NCc1ccc(F)cc1F. The van der Waals surface area contributed by atoms with E-state index in [-0.39, 0.29) is 30.0 Å². The Hall–Kier alpha value is -2.96. The van der Waals surface area contributed by atoms with Crippen LogP contribution in [0.15, 0.2) is 48.5 Å². The van der Waals surface area contributed by atoms with Crippen LogP contribution >= 0.6 is 0 Å². The number of urea groups is 1. The van der Waals surface area contributed by atoms with Crippen molar-refractivity contribution in [2.24, 2.45) is 5.92 Å². The molecule has 2 aromatic rings. The Morgan fingerprint density at radius 3 is 2.66 bits per heavy atom. The van der Waals surface area contributed by atoms with Gasteiger partial charge in [0.15, 0.2) is 0 Å². The summed E-state index contributed by atoms with van der Waals surface area (Å²) in [6.45, 7) is 1.34. The van der Waals surface area contributed by atoms with Gasteiger partial charge in [-0.2, -0.15) is 0 Å². The molecule has 2 aromatic carbocycles. The molecule has 7 heteroatoms. The predicted molar refractivity (Wildman–Crippen MR) is 107 cm³/mol. The number of hydrogen-bond donors (Lipinski definition) is 2. The van der Waals surface area contributed by atoms with Gasteiger partial charge in [-0.15, -0.1) is 0 Å². The summed E-state index contributed by atoms with van der Waals surface area (Å²) in [7, 11) is 0. The summed E-state index contributed by atoms with van der Waals surface area (Å²) in [6.07, 6.45) is 2.83. The molecular formula is C22H25F2N3O2. The lowest BCUT2D eigenvalue weighted by Gasteiger charge is -2.32. The first-order valence-electron chi connectivity index (χ1n) is 9.83. The fourth-order valence-corrected chi connectivity index (χ4v) is 3.49. The molecule has 0 spiro atoms. The van der Waals surface area contributed by atoms with E-state index in [1.807, 2.05) is 30.3 Å². The molecule has 0 aromatic heterocycles. The first-order chi connectivity index (χ1) is 14.0. The van der Waals surface area contributed by atoms with Crippen LogP contribution in [0.3, 0.4) is 0 Å². The maximum Gasteiger partial charge on any atom is 0.321 e. The number of rotatable bonds is 6. The van der Waals surface area contributed by atoms with E-state index in [2.05, 4.69) is 10.6 Å². The third-order valence-electron chi connectivity index (χ3n) is 5.10. The molecule has 0 bridgehead atoms. The normalized spacial score (nSPS) is 16.3. The van der Waals surface area contributed by atoms with Crippen molar-refractivity contribution in [1.82, 2.24) is 10.2 Å². The summed E-state index contributed by atoms with van der Waals surface area (Å²) >= 11 is 0. The Morgan fingerprint density at radius 1 is 1.10 bits per heavy atom. The number of nitrogens with one attached hydrogen (secondary N) is 2. The summed E-state index contributed by atoms with van der Waals surface area (Å²) in [4.78, 5) is 26.3. The Labute approximate surface area is 169 Å².